The maximum atomic E-state index is 12.3. The SMILES string of the molecule is COC(CN)CC(=O)NCc1cc(Br)ccc1OC(F)F. The van der Waals surface area contributed by atoms with Crippen LogP contribution in [0, 0.1) is 0 Å². The number of nitrogens with two attached hydrogens (primary N) is 1. The van der Waals surface area contributed by atoms with Gasteiger partial charge in [-0.2, -0.15) is 8.78 Å². The van der Waals surface area contributed by atoms with Crippen LogP contribution < -0.4 is 15.8 Å². The number of methoxy groups -OCH3 is 1. The molecule has 0 bridgehead atoms. The van der Waals surface area contributed by atoms with Gasteiger partial charge in [-0.1, -0.05) is 15.9 Å². The number of benzene rings is 1. The third-order valence-corrected chi connectivity index (χ3v) is 3.22. The number of halogens is 3. The lowest BCUT2D eigenvalue weighted by atomic mass is 10.2. The van der Waals surface area contributed by atoms with E-state index >= 15 is 0 Å². The molecule has 1 aromatic rings. The van der Waals surface area contributed by atoms with E-state index in [2.05, 4.69) is 26.0 Å². The van der Waals surface area contributed by atoms with E-state index in [4.69, 9.17) is 10.5 Å². The molecule has 3 N–H and O–H groups in total. The van der Waals surface area contributed by atoms with Crippen molar-refractivity contribution in [3.63, 3.8) is 0 Å². The summed E-state index contributed by atoms with van der Waals surface area (Å²) in [5.74, 6) is -0.258. The first-order valence-corrected chi connectivity index (χ1v) is 6.98. The highest BCUT2D eigenvalue weighted by molar-refractivity contribution is 9.10. The predicted molar refractivity (Wildman–Crippen MR) is 77.1 cm³/mol. The van der Waals surface area contributed by atoms with E-state index in [9.17, 15) is 13.6 Å². The van der Waals surface area contributed by atoms with E-state index in [1.165, 1.54) is 13.2 Å². The molecule has 8 heteroatoms. The molecule has 1 aromatic carbocycles. The van der Waals surface area contributed by atoms with E-state index in [1.807, 2.05) is 0 Å². The quantitative estimate of drug-likeness (QED) is 0.738. The molecule has 0 heterocycles. The minimum atomic E-state index is -2.92. The monoisotopic (exact) mass is 366 g/mol. The summed E-state index contributed by atoms with van der Waals surface area (Å²) in [6.45, 7) is -2.63. The number of ether oxygens (including phenoxy) is 2. The summed E-state index contributed by atoms with van der Waals surface area (Å²) in [7, 11) is 1.47. The largest absolute Gasteiger partial charge is 0.434 e. The lowest BCUT2D eigenvalue weighted by Crippen LogP contribution is -2.32. The van der Waals surface area contributed by atoms with Crippen LogP contribution in [0.15, 0.2) is 22.7 Å². The van der Waals surface area contributed by atoms with Gasteiger partial charge in [0.1, 0.15) is 5.75 Å². The van der Waals surface area contributed by atoms with Crippen LogP contribution in [0.2, 0.25) is 0 Å². The first-order chi connectivity index (χ1) is 9.96. The van der Waals surface area contributed by atoms with Gasteiger partial charge < -0.3 is 20.5 Å². The second-order valence-electron chi connectivity index (χ2n) is 4.20. The smallest absolute Gasteiger partial charge is 0.387 e. The predicted octanol–water partition coefficient (Wildman–Crippen LogP) is 2.03. The van der Waals surface area contributed by atoms with Gasteiger partial charge in [-0.25, -0.2) is 0 Å². The van der Waals surface area contributed by atoms with Crippen molar-refractivity contribution in [1.82, 2.24) is 5.32 Å². The van der Waals surface area contributed by atoms with Gasteiger partial charge in [0.25, 0.3) is 0 Å². The number of rotatable bonds is 8. The summed E-state index contributed by atoms with van der Waals surface area (Å²) < 4.78 is 34.7. The standard InChI is InChI=1S/C13H17BrF2N2O3/c1-20-10(6-17)5-12(19)18-7-8-4-9(14)2-3-11(8)21-13(15)16/h2-4,10,13H,5-7,17H2,1H3,(H,18,19). The van der Waals surface area contributed by atoms with Crippen molar-refractivity contribution in [3.05, 3.63) is 28.2 Å². The van der Waals surface area contributed by atoms with Gasteiger partial charge in [0, 0.05) is 30.2 Å². The highest BCUT2D eigenvalue weighted by Crippen LogP contribution is 2.24. The molecule has 0 aliphatic heterocycles. The summed E-state index contributed by atoms with van der Waals surface area (Å²) in [6.07, 6.45) is -0.268. The normalized spacial score (nSPS) is 12.3. The Kier molecular flexibility index (Phi) is 7.55. The molecule has 1 atom stereocenters. The fourth-order valence-corrected chi connectivity index (χ4v) is 2.04. The molecule has 0 fully saturated rings. The average Bonchev–Trinajstić information content (AvgIpc) is 2.44. The van der Waals surface area contributed by atoms with Crippen molar-refractivity contribution in [2.45, 2.75) is 25.7 Å². The third-order valence-electron chi connectivity index (χ3n) is 2.72. The van der Waals surface area contributed by atoms with Crippen molar-refractivity contribution in [2.24, 2.45) is 5.73 Å². The Bertz CT molecular complexity index is 471. The lowest BCUT2D eigenvalue weighted by Gasteiger charge is -2.14. The van der Waals surface area contributed by atoms with Gasteiger partial charge in [-0.3, -0.25) is 4.79 Å². The molecule has 1 rings (SSSR count). The summed E-state index contributed by atoms with van der Waals surface area (Å²) in [6, 6.07) is 4.60. The number of hydrogen-bond donors (Lipinski definition) is 2. The number of alkyl halides is 2. The number of carbonyl (C=O) groups is 1. The molecule has 0 aliphatic rings. The second-order valence-corrected chi connectivity index (χ2v) is 5.12. The summed E-state index contributed by atoms with van der Waals surface area (Å²) in [4.78, 5) is 11.7. The molecule has 1 unspecified atom stereocenters. The Hall–Kier alpha value is -1.25. The molecule has 0 saturated carbocycles. The van der Waals surface area contributed by atoms with Gasteiger partial charge in [0.15, 0.2) is 0 Å². The molecule has 0 saturated heterocycles. The number of nitrogens with one attached hydrogen (secondary N) is 1. The minimum absolute atomic E-state index is 0.0237. The zero-order chi connectivity index (χ0) is 15.8. The summed E-state index contributed by atoms with van der Waals surface area (Å²) in [5, 5.41) is 2.62. The molecule has 0 aliphatic carbocycles. The Morgan fingerprint density at radius 2 is 2.19 bits per heavy atom. The van der Waals surface area contributed by atoms with Gasteiger partial charge in [-0.15, -0.1) is 0 Å². The average molecular weight is 367 g/mol. The van der Waals surface area contributed by atoms with Crippen LogP contribution in [0.1, 0.15) is 12.0 Å². The van der Waals surface area contributed by atoms with Gasteiger partial charge in [0.2, 0.25) is 5.91 Å². The summed E-state index contributed by atoms with van der Waals surface area (Å²) in [5.41, 5.74) is 5.87. The van der Waals surface area contributed by atoms with E-state index in [0.29, 0.717) is 10.0 Å². The first-order valence-electron chi connectivity index (χ1n) is 6.19. The topological polar surface area (TPSA) is 73.6 Å². The lowest BCUT2D eigenvalue weighted by molar-refractivity contribution is -0.123. The summed E-state index contributed by atoms with van der Waals surface area (Å²) >= 11 is 3.24. The van der Waals surface area contributed by atoms with E-state index in [1.54, 1.807) is 12.1 Å². The Labute approximate surface area is 129 Å². The number of amides is 1. The van der Waals surface area contributed by atoms with Crippen LogP contribution in [0.3, 0.4) is 0 Å². The molecular formula is C13H17BrF2N2O3. The van der Waals surface area contributed by atoms with Crippen LogP contribution in [0.5, 0.6) is 5.75 Å². The Balaban J connectivity index is 2.65. The van der Waals surface area contributed by atoms with Crippen LogP contribution in [-0.4, -0.2) is 32.3 Å². The minimum Gasteiger partial charge on any atom is -0.434 e. The molecule has 0 aromatic heterocycles. The molecule has 0 spiro atoms. The van der Waals surface area contributed by atoms with Gasteiger partial charge >= 0.3 is 6.61 Å². The Morgan fingerprint density at radius 1 is 1.48 bits per heavy atom. The fraction of sp³-hybridized carbons (Fsp3) is 0.462. The van der Waals surface area contributed by atoms with Crippen LogP contribution in [0.4, 0.5) is 8.78 Å². The maximum absolute atomic E-state index is 12.3. The van der Waals surface area contributed by atoms with Crippen molar-refractivity contribution in [2.75, 3.05) is 13.7 Å². The van der Waals surface area contributed by atoms with E-state index in [0.717, 1.165) is 0 Å². The van der Waals surface area contributed by atoms with Crippen LogP contribution >= 0.6 is 15.9 Å². The maximum Gasteiger partial charge on any atom is 0.387 e. The molecular weight excluding hydrogens is 350 g/mol. The highest BCUT2D eigenvalue weighted by atomic mass is 79.9. The highest BCUT2D eigenvalue weighted by Gasteiger charge is 2.14. The number of hydrogen-bond acceptors (Lipinski definition) is 4. The van der Waals surface area contributed by atoms with E-state index in [-0.39, 0.29) is 37.3 Å². The van der Waals surface area contributed by atoms with E-state index < -0.39 is 6.61 Å². The third kappa shape index (κ3) is 6.36. The Morgan fingerprint density at radius 3 is 2.76 bits per heavy atom. The van der Waals surface area contributed by atoms with Crippen molar-refractivity contribution < 1.29 is 23.0 Å². The van der Waals surface area contributed by atoms with Crippen LogP contribution in [-0.2, 0) is 16.1 Å². The zero-order valence-corrected chi connectivity index (χ0v) is 13.0. The molecule has 21 heavy (non-hydrogen) atoms. The van der Waals surface area contributed by atoms with Crippen LogP contribution in [0.25, 0.3) is 0 Å². The van der Waals surface area contributed by atoms with Gasteiger partial charge in [0.05, 0.1) is 12.5 Å². The van der Waals surface area contributed by atoms with Crippen molar-refractivity contribution >= 4 is 21.8 Å². The first kappa shape index (κ1) is 17.8. The number of carbonyl (C=O) groups excluding carboxylic acids is 1. The van der Waals surface area contributed by atoms with Crippen molar-refractivity contribution in [1.29, 1.82) is 0 Å². The van der Waals surface area contributed by atoms with Gasteiger partial charge in [-0.05, 0) is 18.2 Å². The molecule has 0 radical (unpaired) electrons. The molecule has 118 valence electrons. The molecule has 1 amide bonds. The fourth-order valence-electron chi connectivity index (χ4n) is 1.63. The second kappa shape index (κ2) is 8.91. The zero-order valence-electron chi connectivity index (χ0n) is 11.4. The molecule has 5 nitrogen and oxygen atoms in total. The van der Waals surface area contributed by atoms with Crippen molar-refractivity contribution in [3.8, 4) is 5.75 Å².